The lowest BCUT2D eigenvalue weighted by molar-refractivity contribution is -0.0240. The summed E-state index contributed by atoms with van der Waals surface area (Å²) in [5.41, 5.74) is 2.19. The molecule has 0 bridgehead atoms. The molecular weight excluding hydrogens is 254 g/mol. The van der Waals surface area contributed by atoms with Crippen molar-refractivity contribution in [3.8, 4) is 11.4 Å². The Kier molecular flexibility index (Phi) is 3.80. The van der Waals surface area contributed by atoms with Gasteiger partial charge in [0.15, 0.2) is 0 Å². The number of rotatable bonds is 3. The molecule has 0 saturated carbocycles. The van der Waals surface area contributed by atoms with Gasteiger partial charge in [0.1, 0.15) is 0 Å². The van der Waals surface area contributed by atoms with Gasteiger partial charge in [-0.05, 0) is 19.9 Å². The summed E-state index contributed by atoms with van der Waals surface area (Å²) in [6.45, 7) is 7.40. The molecule has 1 saturated heterocycles. The van der Waals surface area contributed by atoms with Gasteiger partial charge in [-0.1, -0.05) is 28.9 Å². The average molecular weight is 273 g/mol. The second kappa shape index (κ2) is 5.73. The lowest BCUT2D eigenvalue weighted by Gasteiger charge is -2.29. The predicted octanol–water partition coefficient (Wildman–Crippen LogP) is 2.27. The number of benzene rings is 1. The van der Waals surface area contributed by atoms with E-state index >= 15 is 0 Å². The van der Waals surface area contributed by atoms with Crippen molar-refractivity contribution in [3.63, 3.8) is 0 Å². The van der Waals surface area contributed by atoms with Crippen molar-refractivity contribution in [2.45, 2.75) is 26.5 Å². The molecule has 1 aromatic heterocycles. The third-order valence-corrected chi connectivity index (χ3v) is 3.43. The lowest BCUT2D eigenvalue weighted by atomic mass is 10.1. The van der Waals surface area contributed by atoms with Crippen LogP contribution in [-0.2, 0) is 11.3 Å². The first-order chi connectivity index (χ1) is 9.70. The van der Waals surface area contributed by atoms with Gasteiger partial charge in [0.05, 0.1) is 19.3 Å². The average Bonchev–Trinajstić information content (AvgIpc) is 2.87. The highest BCUT2D eigenvalue weighted by molar-refractivity contribution is 5.55. The van der Waals surface area contributed by atoms with Gasteiger partial charge in [0.25, 0.3) is 0 Å². The summed E-state index contributed by atoms with van der Waals surface area (Å²) < 4.78 is 10.9. The predicted molar refractivity (Wildman–Crippen MR) is 75.2 cm³/mol. The van der Waals surface area contributed by atoms with Crippen molar-refractivity contribution in [1.82, 2.24) is 15.0 Å². The molecule has 1 aromatic carbocycles. The van der Waals surface area contributed by atoms with Crippen LogP contribution in [0.3, 0.4) is 0 Å². The normalized spacial score (nSPS) is 20.2. The van der Waals surface area contributed by atoms with E-state index in [2.05, 4.69) is 41.0 Å². The van der Waals surface area contributed by atoms with E-state index < -0.39 is 0 Å². The Bertz CT molecular complexity index is 582. The van der Waals surface area contributed by atoms with Crippen LogP contribution in [0.2, 0.25) is 0 Å². The summed E-state index contributed by atoms with van der Waals surface area (Å²) in [6.07, 6.45) is 0.267. The smallest absolute Gasteiger partial charge is 0.241 e. The van der Waals surface area contributed by atoms with Crippen molar-refractivity contribution in [3.05, 3.63) is 35.7 Å². The molecule has 5 heteroatoms. The van der Waals surface area contributed by atoms with Gasteiger partial charge < -0.3 is 9.26 Å². The molecule has 1 fully saturated rings. The molecule has 1 aliphatic heterocycles. The summed E-state index contributed by atoms with van der Waals surface area (Å²) in [4.78, 5) is 6.76. The van der Waals surface area contributed by atoms with Crippen molar-refractivity contribution in [2.75, 3.05) is 19.7 Å². The van der Waals surface area contributed by atoms with E-state index in [1.807, 2.05) is 12.1 Å². The highest BCUT2D eigenvalue weighted by atomic mass is 16.5. The second-order valence-corrected chi connectivity index (χ2v) is 5.30. The monoisotopic (exact) mass is 273 g/mol. The maximum absolute atomic E-state index is 5.53. The Balaban J connectivity index is 1.70. The van der Waals surface area contributed by atoms with Crippen LogP contribution in [0, 0.1) is 6.92 Å². The van der Waals surface area contributed by atoms with E-state index in [0.29, 0.717) is 18.3 Å². The van der Waals surface area contributed by atoms with Crippen LogP contribution < -0.4 is 0 Å². The number of morpholine rings is 1. The molecule has 2 heterocycles. The molecule has 0 radical (unpaired) electrons. The van der Waals surface area contributed by atoms with Gasteiger partial charge in [0.2, 0.25) is 11.7 Å². The first kappa shape index (κ1) is 13.3. The second-order valence-electron chi connectivity index (χ2n) is 5.30. The first-order valence-corrected chi connectivity index (χ1v) is 6.94. The van der Waals surface area contributed by atoms with Crippen LogP contribution in [-0.4, -0.2) is 40.8 Å². The summed E-state index contributed by atoms with van der Waals surface area (Å²) >= 11 is 0. The molecule has 2 aromatic rings. The zero-order chi connectivity index (χ0) is 13.9. The zero-order valence-electron chi connectivity index (χ0n) is 11.9. The first-order valence-electron chi connectivity index (χ1n) is 6.94. The number of aryl methyl sites for hydroxylation is 1. The molecule has 3 rings (SSSR count). The summed E-state index contributed by atoms with van der Waals surface area (Å²) in [7, 11) is 0. The molecule has 20 heavy (non-hydrogen) atoms. The highest BCUT2D eigenvalue weighted by Crippen LogP contribution is 2.18. The molecule has 0 spiro atoms. The molecule has 1 atom stereocenters. The van der Waals surface area contributed by atoms with Crippen LogP contribution >= 0.6 is 0 Å². The minimum atomic E-state index is 0.267. The SMILES string of the molecule is Cc1cccc(-c2noc(CN3CCO[C@@H](C)C3)n2)c1. The molecule has 106 valence electrons. The molecule has 0 aliphatic carbocycles. The van der Waals surface area contributed by atoms with Gasteiger partial charge >= 0.3 is 0 Å². The van der Waals surface area contributed by atoms with Gasteiger partial charge in [-0.2, -0.15) is 4.98 Å². The van der Waals surface area contributed by atoms with Gasteiger partial charge in [-0.3, -0.25) is 4.90 Å². The third-order valence-electron chi connectivity index (χ3n) is 3.43. The van der Waals surface area contributed by atoms with E-state index in [9.17, 15) is 0 Å². The number of hydrogen-bond acceptors (Lipinski definition) is 5. The van der Waals surface area contributed by atoms with E-state index in [1.165, 1.54) is 5.56 Å². The standard InChI is InChI=1S/C15H19N3O2/c1-11-4-3-5-13(8-11)15-16-14(20-17-15)10-18-6-7-19-12(2)9-18/h3-5,8,12H,6-7,9-10H2,1-2H3/t12-/m0/s1. The van der Waals surface area contributed by atoms with E-state index in [-0.39, 0.29) is 6.10 Å². The number of ether oxygens (including phenoxy) is 1. The minimum Gasteiger partial charge on any atom is -0.376 e. The van der Waals surface area contributed by atoms with Gasteiger partial charge in [0, 0.05) is 18.7 Å². The quantitative estimate of drug-likeness (QED) is 0.858. The fourth-order valence-corrected chi connectivity index (χ4v) is 2.45. The maximum atomic E-state index is 5.53. The Morgan fingerprint density at radius 3 is 3.10 bits per heavy atom. The van der Waals surface area contributed by atoms with Crippen LogP contribution in [0.4, 0.5) is 0 Å². The fourth-order valence-electron chi connectivity index (χ4n) is 2.45. The topological polar surface area (TPSA) is 51.4 Å². The minimum absolute atomic E-state index is 0.267. The van der Waals surface area contributed by atoms with E-state index in [0.717, 1.165) is 25.3 Å². The molecule has 0 unspecified atom stereocenters. The molecule has 0 N–H and O–H groups in total. The Morgan fingerprint density at radius 2 is 2.30 bits per heavy atom. The maximum Gasteiger partial charge on any atom is 0.241 e. The summed E-state index contributed by atoms with van der Waals surface area (Å²) in [6, 6.07) is 8.12. The Hall–Kier alpha value is -1.72. The number of aromatic nitrogens is 2. The number of hydrogen-bond donors (Lipinski definition) is 0. The van der Waals surface area contributed by atoms with Crippen LogP contribution in [0.25, 0.3) is 11.4 Å². The van der Waals surface area contributed by atoms with Crippen molar-refractivity contribution < 1.29 is 9.26 Å². The largest absolute Gasteiger partial charge is 0.376 e. The van der Waals surface area contributed by atoms with Crippen molar-refractivity contribution in [2.24, 2.45) is 0 Å². The molecular formula is C15H19N3O2. The highest BCUT2D eigenvalue weighted by Gasteiger charge is 2.19. The Labute approximate surface area is 118 Å². The van der Waals surface area contributed by atoms with Crippen LogP contribution in [0.5, 0.6) is 0 Å². The Morgan fingerprint density at radius 1 is 1.40 bits per heavy atom. The van der Waals surface area contributed by atoms with Crippen LogP contribution in [0.1, 0.15) is 18.4 Å². The molecule has 1 aliphatic rings. The van der Waals surface area contributed by atoms with Crippen LogP contribution in [0.15, 0.2) is 28.8 Å². The summed E-state index contributed by atoms with van der Waals surface area (Å²) in [5, 5.41) is 4.07. The van der Waals surface area contributed by atoms with E-state index in [1.54, 1.807) is 0 Å². The zero-order valence-corrected chi connectivity index (χ0v) is 11.9. The molecule has 5 nitrogen and oxygen atoms in total. The third kappa shape index (κ3) is 3.05. The van der Waals surface area contributed by atoms with Crippen molar-refractivity contribution in [1.29, 1.82) is 0 Å². The number of nitrogens with zero attached hydrogens (tertiary/aromatic N) is 3. The fraction of sp³-hybridized carbons (Fsp3) is 0.467. The van der Waals surface area contributed by atoms with Gasteiger partial charge in [-0.25, -0.2) is 0 Å². The lowest BCUT2D eigenvalue weighted by Crippen LogP contribution is -2.40. The van der Waals surface area contributed by atoms with Gasteiger partial charge in [-0.15, -0.1) is 0 Å². The summed E-state index contributed by atoms with van der Waals surface area (Å²) in [5.74, 6) is 1.32. The van der Waals surface area contributed by atoms with Crippen molar-refractivity contribution >= 4 is 0 Å². The molecule has 0 amide bonds. The van der Waals surface area contributed by atoms with E-state index in [4.69, 9.17) is 9.26 Å².